The van der Waals surface area contributed by atoms with Gasteiger partial charge in [-0.1, -0.05) is 11.3 Å². The largest absolute Gasteiger partial charge is 0.476 e. The highest BCUT2D eigenvalue weighted by Gasteiger charge is 2.45. The number of aromatic nitrogens is 3. The highest BCUT2D eigenvalue weighted by atomic mass is 16.4. The number of carbonyl (C=O) groups is 2. The van der Waals surface area contributed by atoms with Crippen LogP contribution in [0.1, 0.15) is 36.2 Å². The molecule has 0 radical (unpaired) electrons. The lowest BCUT2D eigenvalue weighted by molar-refractivity contribution is -0.121. The average Bonchev–Trinajstić information content (AvgIpc) is 3.49. The number of carbonyl (C=O) groups excluding carboxylic acids is 1. The zero-order valence-corrected chi connectivity index (χ0v) is 13.1. The Morgan fingerprint density at radius 2 is 1.92 bits per heavy atom. The average molecular weight is 326 g/mol. The van der Waals surface area contributed by atoms with Crippen molar-refractivity contribution in [2.75, 3.05) is 5.32 Å². The van der Waals surface area contributed by atoms with E-state index < -0.39 is 5.97 Å². The highest BCUT2D eigenvalue weighted by Crippen LogP contribution is 2.49. The predicted molar refractivity (Wildman–Crippen MR) is 85.9 cm³/mol. The number of hydrogen-bond acceptors (Lipinski definition) is 4. The van der Waals surface area contributed by atoms with E-state index in [-0.39, 0.29) is 17.5 Å². The van der Waals surface area contributed by atoms with Crippen molar-refractivity contribution in [2.45, 2.75) is 25.7 Å². The van der Waals surface area contributed by atoms with Gasteiger partial charge in [0.25, 0.3) is 0 Å². The molecule has 1 aromatic carbocycles. The van der Waals surface area contributed by atoms with Crippen LogP contribution in [0.5, 0.6) is 0 Å². The number of benzene rings is 1. The van der Waals surface area contributed by atoms with Gasteiger partial charge in [0.05, 0.1) is 11.9 Å². The summed E-state index contributed by atoms with van der Waals surface area (Å²) in [6, 6.07) is 7.19. The molecule has 2 N–H and O–H groups in total. The molecule has 2 aromatic rings. The van der Waals surface area contributed by atoms with Gasteiger partial charge in [-0.2, -0.15) is 0 Å². The van der Waals surface area contributed by atoms with Gasteiger partial charge in [0.1, 0.15) is 0 Å². The van der Waals surface area contributed by atoms with Gasteiger partial charge in [0, 0.05) is 11.6 Å². The van der Waals surface area contributed by atoms with Crippen LogP contribution in [-0.4, -0.2) is 32.0 Å². The Morgan fingerprint density at radius 1 is 1.21 bits per heavy atom. The van der Waals surface area contributed by atoms with Crippen molar-refractivity contribution < 1.29 is 14.7 Å². The molecule has 2 aliphatic carbocycles. The van der Waals surface area contributed by atoms with E-state index >= 15 is 0 Å². The van der Waals surface area contributed by atoms with Crippen molar-refractivity contribution >= 4 is 17.6 Å². The zero-order chi connectivity index (χ0) is 16.7. The smallest absolute Gasteiger partial charge is 0.358 e. The van der Waals surface area contributed by atoms with Gasteiger partial charge < -0.3 is 10.4 Å². The first kappa shape index (κ1) is 14.9. The maximum Gasteiger partial charge on any atom is 0.358 e. The SMILES string of the molecule is O=C(O)c1cn(-c2cccc(NC(=O)C(C3CC3)C3CC3)c2)nn1. The molecule has 4 rings (SSSR count). The number of aromatic carboxylic acids is 1. The number of carboxylic acids is 1. The fourth-order valence-electron chi connectivity index (χ4n) is 3.16. The molecule has 7 heteroatoms. The van der Waals surface area contributed by atoms with E-state index in [4.69, 9.17) is 5.11 Å². The van der Waals surface area contributed by atoms with Crippen LogP contribution in [0, 0.1) is 17.8 Å². The lowest BCUT2D eigenvalue weighted by Gasteiger charge is -2.15. The van der Waals surface area contributed by atoms with E-state index in [1.807, 2.05) is 6.07 Å². The molecule has 1 aromatic heterocycles. The molecule has 1 amide bonds. The molecule has 124 valence electrons. The summed E-state index contributed by atoms with van der Waals surface area (Å²) in [5.74, 6) is 0.214. The number of carboxylic acid groups (broad SMARTS) is 1. The first-order valence-corrected chi connectivity index (χ1v) is 8.19. The van der Waals surface area contributed by atoms with E-state index in [0.29, 0.717) is 23.2 Å². The normalized spacial score (nSPS) is 17.0. The lowest BCUT2D eigenvalue weighted by Crippen LogP contribution is -2.26. The van der Waals surface area contributed by atoms with E-state index in [2.05, 4.69) is 15.6 Å². The van der Waals surface area contributed by atoms with E-state index in [9.17, 15) is 9.59 Å². The molecular weight excluding hydrogens is 308 g/mol. The summed E-state index contributed by atoms with van der Waals surface area (Å²) in [5, 5.41) is 19.3. The summed E-state index contributed by atoms with van der Waals surface area (Å²) in [6.07, 6.45) is 5.98. The fraction of sp³-hybridized carbons (Fsp3) is 0.412. The van der Waals surface area contributed by atoms with Gasteiger partial charge in [0.15, 0.2) is 5.69 Å². The second-order valence-electron chi connectivity index (χ2n) is 6.59. The third kappa shape index (κ3) is 3.02. The summed E-state index contributed by atoms with van der Waals surface area (Å²) in [5.41, 5.74) is 1.23. The minimum atomic E-state index is -1.12. The minimum Gasteiger partial charge on any atom is -0.476 e. The third-order valence-corrected chi connectivity index (χ3v) is 4.65. The molecule has 0 saturated heterocycles. The van der Waals surface area contributed by atoms with Crippen molar-refractivity contribution in [1.82, 2.24) is 15.0 Å². The Balaban J connectivity index is 1.51. The molecule has 24 heavy (non-hydrogen) atoms. The van der Waals surface area contributed by atoms with Gasteiger partial charge in [-0.3, -0.25) is 4.79 Å². The highest BCUT2D eigenvalue weighted by molar-refractivity contribution is 5.93. The minimum absolute atomic E-state index is 0.0990. The number of anilines is 1. The molecule has 2 fully saturated rings. The van der Waals surface area contributed by atoms with Crippen LogP contribution in [0.25, 0.3) is 5.69 Å². The van der Waals surface area contributed by atoms with E-state index in [0.717, 1.165) is 25.7 Å². The Hall–Kier alpha value is -2.70. The van der Waals surface area contributed by atoms with Crippen LogP contribution in [0.4, 0.5) is 5.69 Å². The molecule has 2 saturated carbocycles. The quantitative estimate of drug-likeness (QED) is 0.849. The molecule has 7 nitrogen and oxygen atoms in total. The second-order valence-corrected chi connectivity index (χ2v) is 6.59. The number of nitrogens with one attached hydrogen (secondary N) is 1. The Kier molecular flexibility index (Phi) is 3.55. The number of hydrogen-bond donors (Lipinski definition) is 2. The first-order valence-electron chi connectivity index (χ1n) is 8.19. The van der Waals surface area contributed by atoms with Crippen LogP contribution in [0.2, 0.25) is 0 Å². The fourth-order valence-corrected chi connectivity index (χ4v) is 3.16. The number of nitrogens with zero attached hydrogens (tertiary/aromatic N) is 3. The lowest BCUT2D eigenvalue weighted by atomic mass is 9.97. The summed E-state index contributed by atoms with van der Waals surface area (Å²) in [6.45, 7) is 0. The number of amides is 1. The summed E-state index contributed by atoms with van der Waals surface area (Å²) >= 11 is 0. The second kappa shape index (κ2) is 5.74. The topological polar surface area (TPSA) is 97.1 Å². The van der Waals surface area contributed by atoms with Crippen LogP contribution in [0.15, 0.2) is 30.5 Å². The maximum absolute atomic E-state index is 12.6. The molecule has 0 aliphatic heterocycles. The summed E-state index contributed by atoms with van der Waals surface area (Å²) in [4.78, 5) is 23.5. The monoisotopic (exact) mass is 326 g/mol. The van der Waals surface area contributed by atoms with Crippen molar-refractivity contribution in [3.8, 4) is 5.69 Å². The molecular formula is C17H18N4O3. The predicted octanol–water partition coefficient (Wildman–Crippen LogP) is 2.34. The van der Waals surface area contributed by atoms with Gasteiger partial charge in [-0.05, 0) is 55.7 Å². The Labute approximate surface area is 138 Å². The Morgan fingerprint density at radius 3 is 2.50 bits per heavy atom. The van der Waals surface area contributed by atoms with Crippen LogP contribution >= 0.6 is 0 Å². The van der Waals surface area contributed by atoms with Crippen molar-refractivity contribution in [3.63, 3.8) is 0 Å². The molecule has 0 bridgehead atoms. The van der Waals surface area contributed by atoms with Crippen LogP contribution in [-0.2, 0) is 4.79 Å². The molecule has 2 aliphatic rings. The summed E-state index contributed by atoms with van der Waals surface area (Å²) < 4.78 is 1.39. The number of rotatable bonds is 6. The first-order chi connectivity index (χ1) is 11.6. The standard InChI is InChI=1S/C17H18N4O3/c22-16(15(10-4-5-10)11-6-7-11)18-12-2-1-3-13(8-12)21-9-14(17(23)24)19-20-21/h1-3,8-11,15H,4-7H2,(H,18,22)(H,23,24). The zero-order valence-electron chi connectivity index (χ0n) is 13.1. The Bertz CT molecular complexity index is 781. The molecule has 0 atom stereocenters. The summed E-state index contributed by atoms with van der Waals surface area (Å²) in [7, 11) is 0. The van der Waals surface area contributed by atoms with Crippen molar-refractivity contribution in [2.24, 2.45) is 17.8 Å². The van der Waals surface area contributed by atoms with Gasteiger partial charge >= 0.3 is 5.97 Å². The van der Waals surface area contributed by atoms with Crippen molar-refractivity contribution in [3.05, 3.63) is 36.2 Å². The molecule has 1 heterocycles. The van der Waals surface area contributed by atoms with Crippen LogP contribution in [0.3, 0.4) is 0 Å². The van der Waals surface area contributed by atoms with Gasteiger partial charge in [-0.15, -0.1) is 5.10 Å². The molecule has 0 spiro atoms. The maximum atomic E-state index is 12.6. The van der Waals surface area contributed by atoms with E-state index in [1.54, 1.807) is 18.2 Å². The third-order valence-electron chi connectivity index (χ3n) is 4.65. The van der Waals surface area contributed by atoms with Gasteiger partial charge in [-0.25, -0.2) is 9.48 Å². The van der Waals surface area contributed by atoms with Crippen LogP contribution < -0.4 is 5.32 Å². The van der Waals surface area contributed by atoms with E-state index in [1.165, 1.54) is 10.9 Å². The van der Waals surface area contributed by atoms with Gasteiger partial charge in [0.2, 0.25) is 5.91 Å². The molecule has 0 unspecified atom stereocenters. The van der Waals surface area contributed by atoms with Crippen molar-refractivity contribution in [1.29, 1.82) is 0 Å².